The minimum Gasteiger partial charge on any atom is -0.382 e. The molecule has 2 N–H and O–H groups in total. The van der Waals surface area contributed by atoms with Crippen LogP contribution in [-0.2, 0) is 14.2 Å². The molecule has 8 nitrogen and oxygen atoms in total. The Hall–Kier alpha value is -1.77. The third-order valence-corrected chi connectivity index (χ3v) is 3.51. The van der Waals surface area contributed by atoms with Gasteiger partial charge < -0.3 is 19.9 Å². The largest absolute Gasteiger partial charge is 0.382 e. The molecular formula is C12H17N5O3. The van der Waals surface area contributed by atoms with Crippen LogP contribution >= 0.6 is 0 Å². The van der Waals surface area contributed by atoms with Crippen molar-refractivity contribution in [2.24, 2.45) is 0 Å². The molecule has 8 heteroatoms. The van der Waals surface area contributed by atoms with Crippen molar-refractivity contribution >= 4 is 17.0 Å². The number of methoxy groups -OCH3 is 2. The normalized spacial score (nSPS) is 26.4. The molecule has 0 aliphatic carbocycles. The molecule has 108 valence electrons. The van der Waals surface area contributed by atoms with Crippen molar-refractivity contribution in [2.45, 2.75) is 24.9 Å². The quantitative estimate of drug-likeness (QED) is 0.862. The summed E-state index contributed by atoms with van der Waals surface area (Å²) >= 11 is 0. The summed E-state index contributed by atoms with van der Waals surface area (Å²) in [5.74, 6) is 0.364. The van der Waals surface area contributed by atoms with E-state index < -0.39 is 0 Å². The lowest BCUT2D eigenvalue weighted by Crippen LogP contribution is -2.27. The molecule has 1 aliphatic rings. The highest BCUT2D eigenvalue weighted by molar-refractivity contribution is 5.81. The fraction of sp³-hybridized carbons (Fsp3) is 0.583. The van der Waals surface area contributed by atoms with Gasteiger partial charge in [0, 0.05) is 20.6 Å². The van der Waals surface area contributed by atoms with Crippen LogP contribution in [0.1, 0.15) is 12.6 Å². The monoisotopic (exact) mass is 279 g/mol. The molecule has 0 bridgehead atoms. The number of anilines is 1. The van der Waals surface area contributed by atoms with Crippen molar-refractivity contribution in [3.05, 3.63) is 12.7 Å². The maximum absolute atomic E-state index is 5.97. The van der Waals surface area contributed by atoms with Gasteiger partial charge in [-0.3, -0.25) is 4.57 Å². The lowest BCUT2D eigenvalue weighted by molar-refractivity contribution is -0.0597. The molecule has 0 amide bonds. The van der Waals surface area contributed by atoms with Crippen LogP contribution in [0.25, 0.3) is 11.2 Å². The predicted molar refractivity (Wildman–Crippen MR) is 70.9 cm³/mol. The second-order valence-electron chi connectivity index (χ2n) is 4.68. The first-order valence-corrected chi connectivity index (χ1v) is 6.34. The zero-order valence-corrected chi connectivity index (χ0v) is 11.4. The van der Waals surface area contributed by atoms with Gasteiger partial charge in [-0.05, 0) is 0 Å². The summed E-state index contributed by atoms with van der Waals surface area (Å²) in [7, 11) is 3.31. The first-order valence-electron chi connectivity index (χ1n) is 6.34. The van der Waals surface area contributed by atoms with Crippen LogP contribution in [0, 0.1) is 0 Å². The Labute approximate surface area is 115 Å². The number of nitrogens with zero attached hydrogens (tertiary/aromatic N) is 4. The molecule has 1 aliphatic heterocycles. The number of aromatic nitrogens is 4. The van der Waals surface area contributed by atoms with Crippen molar-refractivity contribution in [1.82, 2.24) is 19.5 Å². The molecule has 0 radical (unpaired) electrons. The van der Waals surface area contributed by atoms with E-state index in [1.807, 2.05) is 4.57 Å². The summed E-state index contributed by atoms with van der Waals surface area (Å²) < 4.78 is 18.4. The topological polar surface area (TPSA) is 97.3 Å². The van der Waals surface area contributed by atoms with Gasteiger partial charge in [0.05, 0.1) is 19.0 Å². The summed E-state index contributed by atoms with van der Waals surface area (Å²) in [6, 6.07) is 0. The molecule has 1 saturated heterocycles. The van der Waals surface area contributed by atoms with Gasteiger partial charge >= 0.3 is 0 Å². The Morgan fingerprint density at radius 2 is 2.25 bits per heavy atom. The van der Waals surface area contributed by atoms with E-state index >= 15 is 0 Å². The third-order valence-electron chi connectivity index (χ3n) is 3.51. The van der Waals surface area contributed by atoms with Crippen LogP contribution in [0.15, 0.2) is 12.7 Å². The van der Waals surface area contributed by atoms with Crippen LogP contribution in [0.4, 0.5) is 5.82 Å². The van der Waals surface area contributed by atoms with Crippen LogP contribution in [0.3, 0.4) is 0 Å². The maximum Gasteiger partial charge on any atom is 0.167 e. The first-order chi connectivity index (χ1) is 9.74. The molecule has 0 spiro atoms. The summed E-state index contributed by atoms with van der Waals surface area (Å²) in [5.41, 5.74) is 7.03. The Balaban J connectivity index is 1.90. The van der Waals surface area contributed by atoms with Gasteiger partial charge in [0.1, 0.15) is 24.2 Å². The van der Waals surface area contributed by atoms with Crippen molar-refractivity contribution in [3.63, 3.8) is 0 Å². The number of nitrogens with two attached hydrogens (primary N) is 1. The minimum absolute atomic E-state index is 0.0171. The number of rotatable bonds is 4. The molecule has 2 aromatic heterocycles. The zero-order chi connectivity index (χ0) is 14.1. The maximum atomic E-state index is 5.97. The molecule has 20 heavy (non-hydrogen) atoms. The number of fused-ring (bicyclic) bond motifs is 1. The highest BCUT2D eigenvalue weighted by Crippen LogP contribution is 2.32. The molecule has 1 fully saturated rings. The molecular weight excluding hydrogens is 262 g/mol. The van der Waals surface area contributed by atoms with E-state index in [-0.39, 0.29) is 18.4 Å². The molecule has 0 aromatic carbocycles. The van der Waals surface area contributed by atoms with Crippen molar-refractivity contribution in [2.75, 3.05) is 26.6 Å². The predicted octanol–water partition coefficient (Wildman–Crippen LogP) is 0.357. The van der Waals surface area contributed by atoms with Crippen LogP contribution in [0.2, 0.25) is 0 Å². The fourth-order valence-electron chi connectivity index (χ4n) is 2.51. The van der Waals surface area contributed by atoms with Crippen LogP contribution in [0.5, 0.6) is 0 Å². The van der Waals surface area contributed by atoms with Crippen LogP contribution < -0.4 is 5.73 Å². The van der Waals surface area contributed by atoms with Gasteiger partial charge in [0.2, 0.25) is 0 Å². The van der Waals surface area contributed by atoms with E-state index in [1.165, 1.54) is 6.33 Å². The highest BCUT2D eigenvalue weighted by Gasteiger charge is 2.37. The van der Waals surface area contributed by atoms with E-state index in [0.717, 1.165) is 0 Å². The standard InChI is InChI=1S/C12H17N5O3/c1-18-4-8-7(19-2)3-9(20-8)17-6-16-10-11(13)14-5-15-12(10)17/h5-9H,3-4H2,1-2H3,(H2,13,14,15)/t7-,8+,9+/m0/s1. The summed E-state index contributed by atoms with van der Waals surface area (Å²) in [6.07, 6.45) is 3.48. The second-order valence-corrected chi connectivity index (χ2v) is 4.68. The van der Waals surface area contributed by atoms with Gasteiger partial charge in [0.15, 0.2) is 11.5 Å². The van der Waals surface area contributed by atoms with Crippen molar-refractivity contribution in [1.29, 1.82) is 0 Å². The van der Waals surface area contributed by atoms with Crippen molar-refractivity contribution in [3.8, 4) is 0 Å². The Kier molecular flexibility index (Phi) is 3.51. The van der Waals surface area contributed by atoms with Gasteiger partial charge in [-0.25, -0.2) is 15.0 Å². The second kappa shape index (κ2) is 5.31. The van der Waals surface area contributed by atoms with E-state index in [0.29, 0.717) is 30.0 Å². The lowest BCUT2D eigenvalue weighted by Gasteiger charge is -2.16. The Morgan fingerprint density at radius 3 is 3.00 bits per heavy atom. The summed E-state index contributed by atoms with van der Waals surface area (Å²) in [6.45, 7) is 0.485. The molecule has 3 atom stereocenters. The van der Waals surface area contributed by atoms with Gasteiger partial charge in [-0.2, -0.15) is 0 Å². The minimum atomic E-state index is -0.195. The molecule has 0 saturated carbocycles. The fourth-order valence-corrected chi connectivity index (χ4v) is 2.51. The highest BCUT2D eigenvalue weighted by atomic mass is 16.6. The number of ether oxygens (including phenoxy) is 3. The average molecular weight is 279 g/mol. The van der Waals surface area contributed by atoms with E-state index in [2.05, 4.69) is 15.0 Å². The van der Waals surface area contributed by atoms with E-state index in [4.69, 9.17) is 19.9 Å². The molecule has 3 rings (SSSR count). The van der Waals surface area contributed by atoms with Crippen LogP contribution in [-0.4, -0.2) is 52.6 Å². The molecule has 3 heterocycles. The molecule has 2 aromatic rings. The number of hydrogen-bond acceptors (Lipinski definition) is 7. The van der Waals surface area contributed by atoms with Gasteiger partial charge in [-0.15, -0.1) is 0 Å². The Morgan fingerprint density at radius 1 is 1.40 bits per heavy atom. The van der Waals surface area contributed by atoms with Gasteiger partial charge in [0.25, 0.3) is 0 Å². The number of hydrogen-bond donors (Lipinski definition) is 1. The zero-order valence-electron chi connectivity index (χ0n) is 11.4. The third kappa shape index (κ3) is 2.11. The summed E-state index contributed by atoms with van der Waals surface area (Å²) in [5, 5.41) is 0. The molecule has 0 unspecified atom stereocenters. The number of nitrogen functional groups attached to an aromatic ring is 1. The first kappa shape index (κ1) is 13.2. The van der Waals surface area contributed by atoms with E-state index in [1.54, 1.807) is 20.5 Å². The van der Waals surface area contributed by atoms with Crippen molar-refractivity contribution < 1.29 is 14.2 Å². The summed E-state index contributed by atoms with van der Waals surface area (Å²) in [4.78, 5) is 12.4. The lowest BCUT2D eigenvalue weighted by atomic mass is 10.2. The average Bonchev–Trinajstić information content (AvgIpc) is 3.03. The smallest absolute Gasteiger partial charge is 0.167 e. The SMILES string of the molecule is COC[C@H]1O[C@@H](n2cnc3c(N)ncnc32)C[C@@H]1OC. The number of imidazole rings is 1. The Bertz CT molecular complexity index is 602. The van der Waals surface area contributed by atoms with E-state index in [9.17, 15) is 0 Å². The van der Waals surface area contributed by atoms with Gasteiger partial charge in [-0.1, -0.05) is 0 Å².